The van der Waals surface area contributed by atoms with Crippen molar-refractivity contribution in [3.05, 3.63) is 53.6 Å². The SMILES string of the molecule is CC(=O)Oc1cccc(C2COc3cc(OC(C)=O)ccc3C2=O)c1. The Labute approximate surface area is 144 Å². The molecule has 1 atom stereocenters. The van der Waals surface area contributed by atoms with E-state index in [1.165, 1.54) is 19.9 Å². The van der Waals surface area contributed by atoms with Crippen LogP contribution in [0.15, 0.2) is 42.5 Å². The topological polar surface area (TPSA) is 78.9 Å². The molecular weight excluding hydrogens is 324 g/mol. The van der Waals surface area contributed by atoms with Crippen LogP contribution >= 0.6 is 0 Å². The van der Waals surface area contributed by atoms with E-state index in [1.54, 1.807) is 36.4 Å². The van der Waals surface area contributed by atoms with E-state index >= 15 is 0 Å². The van der Waals surface area contributed by atoms with Crippen molar-refractivity contribution in [3.8, 4) is 17.2 Å². The second kappa shape index (κ2) is 6.76. The fraction of sp³-hybridized carbons (Fsp3) is 0.211. The number of ether oxygens (including phenoxy) is 3. The molecule has 0 fully saturated rings. The van der Waals surface area contributed by atoms with Gasteiger partial charge in [-0.25, -0.2) is 0 Å². The van der Waals surface area contributed by atoms with Crippen LogP contribution in [-0.2, 0) is 9.59 Å². The highest BCUT2D eigenvalue weighted by Crippen LogP contribution is 2.35. The molecule has 25 heavy (non-hydrogen) atoms. The smallest absolute Gasteiger partial charge is 0.308 e. The lowest BCUT2D eigenvalue weighted by Gasteiger charge is -2.25. The van der Waals surface area contributed by atoms with Crippen molar-refractivity contribution in [1.82, 2.24) is 0 Å². The van der Waals surface area contributed by atoms with Crippen molar-refractivity contribution >= 4 is 17.7 Å². The Morgan fingerprint density at radius 3 is 2.36 bits per heavy atom. The maximum absolute atomic E-state index is 12.8. The molecule has 0 spiro atoms. The van der Waals surface area contributed by atoms with Gasteiger partial charge in [-0.2, -0.15) is 0 Å². The molecule has 3 rings (SSSR count). The number of carbonyl (C=O) groups is 3. The molecule has 0 bridgehead atoms. The van der Waals surface area contributed by atoms with Gasteiger partial charge in [-0.1, -0.05) is 12.1 Å². The molecule has 0 radical (unpaired) electrons. The summed E-state index contributed by atoms with van der Waals surface area (Å²) >= 11 is 0. The van der Waals surface area contributed by atoms with E-state index in [0.29, 0.717) is 28.4 Å². The Balaban J connectivity index is 1.87. The average Bonchev–Trinajstić information content (AvgIpc) is 2.54. The van der Waals surface area contributed by atoms with Gasteiger partial charge in [0.05, 0.1) is 11.5 Å². The first-order valence-electron chi connectivity index (χ1n) is 7.72. The molecule has 128 valence electrons. The molecule has 0 saturated heterocycles. The third kappa shape index (κ3) is 3.68. The number of carbonyl (C=O) groups excluding carboxylic acids is 3. The molecule has 0 amide bonds. The second-order valence-corrected chi connectivity index (χ2v) is 5.65. The number of fused-ring (bicyclic) bond motifs is 1. The molecule has 6 nitrogen and oxygen atoms in total. The Kier molecular flexibility index (Phi) is 4.52. The highest BCUT2D eigenvalue weighted by atomic mass is 16.5. The molecule has 0 aliphatic carbocycles. The lowest BCUT2D eigenvalue weighted by Crippen LogP contribution is -2.26. The highest BCUT2D eigenvalue weighted by Gasteiger charge is 2.30. The van der Waals surface area contributed by atoms with Gasteiger partial charge in [0.1, 0.15) is 23.9 Å². The van der Waals surface area contributed by atoms with Gasteiger partial charge in [0.2, 0.25) is 0 Å². The predicted molar refractivity (Wildman–Crippen MR) is 88.1 cm³/mol. The van der Waals surface area contributed by atoms with E-state index in [0.717, 1.165) is 0 Å². The van der Waals surface area contributed by atoms with Gasteiger partial charge in [-0.15, -0.1) is 0 Å². The molecular formula is C19H16O6. The molecule has 1 heterocycles. The predicted octanol–water partition coefficient (Wildman–Crippen LogP) is 2.90. The quantitative estimate of drug-likeness (QED) is 0.631. The van der Waals surface area contributed by atoms with Crippen molar-refractivity contribution in [3.63, 3.8) is 0 Å². The van der Waals surface area contributed by atoms with Gasteiger partial charge >= 0.3 is 11.9 Å². The van der Waals surface area contributed by atoms with Crippen LogP contribution in [-0.4, -0.2) is 24.3 Å². The molecule has 0 N–H and O–H groups in total. The van der Waals surface area contributed by atoms with Crippen LogP contribution < -0.4 is 14.2 Å². The minimum absolute atomic E-state index is 0.101. The van der Waals surface area contributed by atoms with Gasteiger partial charge in [0, 0.05) is 19.9 Å². The zero-order valence-corrected chi connectivity index (χ0v) is 13.8. The van der Waals surface area contributed by atoms with Crippen molar-refractivity contribution in [1.29, 1.82) is 0 Å². The van der Waals surface area contributed by atoms with Gasteiger partial charge in [-0.05, 0) is 29.8 Å². The van der Waals surface area contributed by atoms with Crippen LogP contribution in [0.2, 0.25) is 0 Å². The number of benzene rings is 2. The molecule has 0 aromatic heterocycles. The fourth-order valence-corrected chi connectivity index (χ4v) is 2.70. The normalized spacial score (nSPS) is 15.8. The first-order valence-corrected chi connectivity index (χ1v) is 7.72. The maximum atomic E-state index is 12.8. The zero-order valence-electron chi connectivity index (χ0n) is 13.8. The third-order valence-corrected chi connectivity index (χ3v) is 3.72. The third-order valence-electron chi connectivity index (χ3n) is 3.72. The summed E-state index contributed by atoms with van der Waals surface area (Å²) in [5.41, 5.74) is 1.13. The van der Waals surface area contributed by atoms with Gasteiger partial charge in [0.25, 0.3) is 0 Å². The highest BCUT2D eigenvalue weighted by molar-refractivity contribution is 6.04. The number of hydrogen-bond acceptors (Lipinski definition) is 6. The summed E-state index contributed by atoms with van der Waals surface area (Å²) < 4.78 is 15.7. The number of ketones is 1. The molecule has 2 aromatic rings. The Morgan fingerprint density at radius 2 is 1.68 bits per heavy atom. The summed E-state index contributed by atoms with van der Waals surface area (Å²) in [5, 5.41) is 0. The first kappa shape index (κ1) is 16.7. The van der Waals surface area contributed by atoms with Crippen molar-refractivity contribution in [2.24, 2.45) is 0 Å². The number of hydrogen-bond donors (Lipinski definition) is 0. The van der Waals surface area contributed by atoms with Crippen LogP contribution in [0.25, 0.3) is 0 Å². The first-order chi connectivity index (χ1) is 11.9. The van der Waals surface area contributed by atoms with Gasteiger partial charge < -0.3 is 14.2 Å². The standard InChI is InChI=1S/C19H16O6/c1-11(20)24-14-5-3-4-13(8-14)17-10-23-18-9-15(25-12(2)21)6-7-16(18)19(17)22/h3-9,17H,10H2,1-2H3. The molecule has 1 unspecified atom stereocenters. The summed E-state index contributed by atoms with van der Waals surface area (Å²) in [6, 6.07) is 11.5. The zero-order chi connectivity index (χ0) is 18.0. The molecule has 1 aliphatic rings. The van der Waals surface area contributed by atoms with Crippen molar-refractivity contribution in [2.45, 2.75) is 19.8 Å². The van der Waals surface area contributed by atoms with Crippen LogP contribution in [0.4, 0.5) is 0 Å². The lowest BCUT2D eigenvalue weighted by atomic mass is 9.89. The minimum Gasteiger partial charge on any atom is -0.492 e. The summed E-state index contributed by atoms with van der Waals surface area (Å²) in [6.07, 6.45) is 0. The molecule has 0 saturated carbocycles. The monoisotopic (exact) mass is 340 g/mol. The minimum atomic E-state index is -0.498. The summed E-state index contributed by atoms with van der Waals surface area (Å²) in [5.74, 6) is -0.369. The fourth-order valence-electron chi connectivity index (χ4n) is 2.70. The lowest BCUT2D eigenvalue weighted by molar-refractivity contribution is -0.132. The van der Waals surface area contributed by atoms with Crippen LogP contribution in [0, 0.1) is 0 Å². The molecule has 6 heteroatoms. The molecule has 2 aromatic carbocycles. The van der Waals surface area contributed by atoms with Crippen LogP contribution in [0.1, 0.15) is 35.7 Å². The summed E-state index contributed by atoms with van der Waals surface area (Å²) in [4.78, 5) is 34.9. The van der Waals surface area contributed by atoms with Crippen LogP contribution in [0.5, 0.6) is 17.2 Å². The van der Waals surface area contributed by atoms with E-state index in [9.17, 15) is 14.4 Å². The van der Waals surface area contributed by atoms with Crippen molar-refractivity contribution < 1.29 is 28.6 Å². The average molecular weight is 340 g/mol. The van der Waals surface area contributed by atoms with E-state index in [4.69, 9.17) is 14.2 Å². The number of esters is 2. The second-order valence-electron chi connectivity index (χ2n) is 5.65. The van der Waals surface area contributed by atoms with E-state index in [-0.39, 0.29) is 12.4 Å². The van der Waals surface area contributed by atoms with Gasteiger partial charge in [-0.3, -0.25) is 14.4 Å². The Morgan fingerprint density at radius 1 is 1.00 bits per heavy atom. The van der Waals surface area contributed by atoms with Crippen molar-refractivity contribution in [2.75, 3.05) is 6.61 Å². The summed E-state index contributed by atoms with van der Waals surface area (Å²) in [6.45, 7) is 2.77. The number of Topliss-reactive ketones (excluding diaryl/α,β-unsaturated/α-hetero) is 1. The van der Waals surface area contributed by atoms with E-state index < -0.39 is 17.9 Å². The largest absolute Gasteiger partial charge is 0.492 e. The van der Waals surface area contributed by atoms with Crippen LogP contribution in [0.3, 0.4) is 0 Å². The molecule has 1 aliphatic heterocycles. The maximum Gasteiger partial charge on any atom is 0.308 e. The summed E-state index contributed by atoms with van der Waals surface area (Å²) in [7, 11) is 0. The van der Waals surface area contributed by atoms with E-state index in [1.807, 2.05) is 0 Å². The Bertz CT molecular complexity index is 855. The van der Waals surface area contributed by atoms with E-state index in [2.05, 4.69) is 0 Å². The Hall–Kier alpha value is -3.15. The van der Waals surface area contributed by atoms with Gasteiger partial charge in [0.15, 0.2) is 5.78 Å². The number of rotatable bonds is 3.